The Kier molecular flexibility index (Phi) is 6.43. The van der Waals surface area contributed by atoms with Gasteiger partial charge in [-0.3, -0.25) is 0 Å². The quantitative estimate of drug-likeness (QED) is 0.657. The van der Waals surface area contributed by atoms with Gasteiger partial charge in [-0.2, -0.15) is 0 Å². The predicted molar refractivity (Wildman–Crippen MR) is 65.6 cm³/mol. The van der Waals surface area contributed by atoms with Crippen LogP contribution in [-0.2, 0) is 0 Å². The lowest BCUT2D eigenvalue weighted by Crippen LogP contribution is -2.41. The first-order valence-corrected chi connectivity index (χ1v) is 6.17. The molecule has 1 nitrogen and oxygen atoms in total. The van der Waals surface area contributed by atoms with Gasteiger partial charge in [-0.1, -0.05) is 41.0 Å². The molecule has 0 aliphatic heterocycles. The molecular formula is C13H29N. The van der Waals surface area contributed by atoms with Gasteiger partial charge in [0.15, 0.2) is 0 Å². The molecule has 2 atom stereocenters. The van der Waals surface area contributed by atoms with Gasteiger partial charge in [-0.15, -0.1) is 0 Å². The summed E-state index contributed by atoms with van der Waals surface area (Å²) in [5, 5.41) is 3.66. The Labute approximate surface area is 90.7 Å². The van der Waals surface area contributed by atoms with Crippen molar-refractivity contribution in [2.45, 2.75) is 66.8 Å². The van der Waals surface area contributed by atoms with Crippen molar-refractivity contribution in [3.05, 3.63) is 0 Å². The summed E-state index contributed by atoms with van der Waals surface area (Å²) in [5.41, 5.74) is 0.423. The summed E-state index contributed by atoms with van der Waals surface area (Å²) in [6, 6.07) is 0.617. The van der Waals surface area contributed by atoms with E-state index in [4.69, 9.17) is 0 Å². The highest BCUT2D eigenvalue weighted by Gasteiger charge is 2.23. The summed E-state index contributed by atoms with van der Waals surface area (Å²) in [5.74, 6) is 0.815. The number of hydrogen-bond acceptors (Lipinski definition) is 1. The molecule has 1 N–H and O–H groups in total. The maximum Gasteiger partial charge on any atom is 0.00899 e. The van der Waals surface area contributed by atoms with E-state index < -0.39 is 0 Å². The van der Waals surface area contributed by atoms with E-state index >= 15 is 0 Å². The van der Waals surface area contributed by atoms with Crippen molar-refractivity contribution in [3.8, 4) is 0 Å². The van der Waals surface area contributed by atoms with E-state index in [0.717, 1.165) is 5.92 Å². The third-order valence-corrected chi connectivity index (χ3v) is 3.64. The maximum atomic E-state index is 3.66. The van der Waals surface area contributed by atoms with Gasteiger partial charge in [0.05, 0.1) is 0 Å². The van der Waals surface area contributed by atoms with E-state index in [1.54, 1.807) is 0 Å². The van der Waals surface area contributed by atoms with Crippen LogP contribution >= 0.6 is 0 Å². The third-order valence-electron chi connectivity index (χ3n) is 3.64. The zero-order valence-electron chi connectivity index (χ0n) is 11.0. The first kappa shape index (κ1) is 14.0. The first-order chi connectivity index (χ1) is 6.44. The molecule has 86 valence electrons. The molecule has 0 amide bonds. The molecule has 0 saturated heterocycles. The average molecular weight is 199 g/mol. The maximum absolute atomic E-state index is 3.66. The Balaban J connectivity index is 3.78. The van der Waals surface area contributed by atoms with Crippen LogP contribution in [-0.4, -0.2) is 12.6 Å². The van der Waals surface area contributed by atoms with E-state index in [-0.39, 0.29) is 0 Å². The summed E-state index contributed by atoms with van der Waals surface area (Å²) in [6.07, 6.45) is 3.88. The number of rotatable bonds is 7. The van der Waals surface area contributed by atoms with Gasteiger partial charge < -0.3 is 5.32 Å². The Morgan fingerprint density at radius 1 is 1.14 bits per heavy atom. The molecule has 0 aliphatic carbocycles. The topological polar surface area (TPSA) is 12.0 Å². The van der Waals surface area contributed by atoms with Crippen LogP contribution in [0.4, 0.5) is 0 Å². The van der Waals surface area contributed by atoms with E-state index in [0.29, 0.717) is 11.5 Å². The van der Waals surface area contributed by atoms with Crippen molar-refractivity contribution < 1.29 is 0 Å². The zero-order chi connectivity index (χ0) is 11.2. The highest BCUT2D eigenvalue weighted by molar-refractivity contribution is 4.79. The molecule has 0 fully saturated rings. The van der Waals surface area contributed by atoms with E-state index in [1.165, 1.54) is 25.8 Å². The second kappa shape index (κ2) is 6.44. The van der Waals surface area contributed by atoms with Gasteiger partial charge in [0, 0.05) is 6.04 Å². The minimum Gasteiger partial charge on any atom is -0.313 e. The molecule has 0 radical (unpaired) electrons. The molecule has 1 heteroatoms. The molecule has 0 aliphatic rings. The second-order valence-electron chi connectivity index (χ2n) is 5.37. The Hall–Kier alpha value is -0.0400. The summed E-state index contributed by atoms with van der Waals surface area (Å²) in [7, 11) is 0. The lowest BCUT2D eigenvalue weighted by atomic mass is 9.82. The molecule has 14 heavy (non-hydrogen) atoms. The summed E-state index contributed by atoms with van der Waals surface area (Å²) in [6.45, 7) is 15.0. The highest BCUT2D eigenvalue weighted by Crippen LogP contribution is 2.24. The average Bonchev–Trinajstić information content (AvgIpc) is 2.14. The summed E-state index contributed by atoms with van der Waals surface area (Å²) < 4.78 is 0. The Morgan fingerprint density at radius 3 is 2.14 bits per heavy atom. The molecule has 0 spiro atoms. The molecule has 0 aromatic rings. The van der Waals surface area contributed by atoms with Gasteiger partial charge in [0.2, 0.25) is 0 Å². The van der Waals surface area contributed by atoms with Crippen LogP contribution in [0.5, 0.6) is 0 Å². The van der Waals surface area contributed by atoms with E-state index in [9.17, 15) is 0 Å². The van der Waals surface area contributed by atoms with Crippen molar-refractivity contribution in [1.82, 2.24) is 5.32 Å². The molecule has 0 heterocycles. The molecular weight excluding hydrogens is 170 g/mol. The third kappa shape index (κ3) is 4.99. The minimum atomic E-state index is 0.423. The fourth-order valence-electron chi connectivity index (χ4n) is 1.56. The highest BCUT2D eigenvalue weighted by atomic mass is 14.9. The van der Waals surface area contributed by atoms with E-state index in [2.05, 4.69) is 46.9 Å². The zero-order valence-corrected chi connectivity index (χ0v) is 11.0. The molecule has 2 unspecified atom stereocenters. The summed E-state index contributed by atoms with van der Waals surface area (Å²) >= 11 is 0. The number of nitrogens with one attached hydrogen (secondary N) is 1. The smallest absolute Gasteiger partial charge is 0.00899 e. The fraction of sp³-hybridized carbons (Fsp3) is 1.00. The van der Waals surface area contributed by atoms with Crippen LogP contribution in [0.15, 0.2) is 0 Å². The fourth-order valence-corrected chi connectivity index (χ4v) is 1.56. The Bertz CT molecular complexity index is 140. The number of hydrogen-bond donors (Lipinski definition) is 1. The SMILES string of the molecule is CCCC(C)CNC(C)C(C)(C)CC. The van der Waals surface area contributed by atoms with Crippen LogP contribution < -0.4 is 5.32 Å². The predicted octanol–water partition coefficient (Wildman–Crippen LogP) is 3.84. The van der Waals surface area contributed by atoms with Gasteiger partial charge in [0.1, 0.15) is 0 Å². The first-order valence-electron chi connectivity index (χ1n) is 6.17. The summed E-state index contributed by atoms with van der Waals surface area (Å²) in [4.78, 5) is 0. The molecule has 0 aromatic heterocycles. The monoisotopic (exact) mass is 199 g/mol. The standard InChI is InChI=1S/C13H29N/c1-7-9-11(3)10-14-12(4)13(5,6)8-2/h11-12,14H,7-10H2,1-6H3. The van der Waals surface area contributed by atoms with Crippen molar-refractivity contribution >= 4 is 0 Å². The van der Waals surface area contributed by atoms with E-state index in [1.807, 2.05) is 0 Å². The molecule has 0 bridgehead atoms. The van der Waals surface area contributed by atoms with Gasteiger partial charge in [0.25, 0.3) is 0 Å². The van der Waals surface area contributed by atoms with Gasteiger partial charge in [-0.25, -0.2) is 0 Å². The van der Waals surface area contributed by atoms with Crippen LogP contribution in [0.2, 0.25) is 0 Å². The Morgan fingerprint density at radius 2 is 1.71 bits per heavy atom. The van der Waals surface area contributed by atoms with Crippen molar-refractivity contribution in [2.75, 3.05) is 6.54 Å². The largest absolute Gasteiger partial charge is 0.313 e. The molecule has 0 rings (SSSR count). The lowest BCUT2D eigenvalue weighted by Gasteiger charge is -2.32. The van der Waals surface area contributed by atoms with Crippen molar-refractivity contribution in [2.24, 2.45) is 11.3 Å². The van der Waals surface area contributed by atoms with Crippen LogP contribution in [0.3, 0.4) is 0 Å². The van der Waals surface area contributed by atoms with Crippen molar-refractivity contribution in [3.63, 3.8) is 0 Å². The second-order valence-corrected chi connectivity index (χ2v) is 5.37. The normalized spacial score (nSPS) is 16.7. The lowest BCUT2D eigenvalue weighted by molar-refractivity contribution is 0.238. The van der Waals surface area contributed by atoms with Crippen LogP contribution in [0.25, 0.3) is 0 Å². The van der Waals surface area contributed by atoms with Crippen LogP contribution in [0.1, 0.15) is 60.8 Å². The van der Waals surface area contributed by atoms with Crippen molar-refractivity contribution in [1.29, 1.82) is 0 Å². The molecule has 0 aromatic carbocycles. The molecule has 0 saturated carbocycles. The van der Waals surface area contributed by atoms with Gasteiger partial charge >= 0.3 is 0 Å². The van der Waals surface area contributed by atoms with Gasteiger partial charge in [-0.05, 0) is 37.6 Å². The van der Waals surface area contributed by atoms with Crippen LogP contribution in [0, 0.1) is 11.3 Å². The minimum absolute atomic E-state index is 0.423.